The maximum Gasteiger partial charge on any atom is 0.297 e. The van der Waals surface area contributed by atoms with Gasteiger partial charge in [0, 0.05) is 18.6 Å². The molecule has 0 fully saturated rings. The molecule has 0 aliphatic heterocycles. The molecule has 5 heteroatoms. The van der Waals surface area contributed by atoms with Crippen LogP contribution in [0.15, 0.2) is 34.9 Å². The number of oxazole rings is 1. The predicted octanol–water partition coefficient (Wildman–Crippen LogP) is 3.70. The number of anilines is 1. The minimum atomic E-state index is 0.359. The van der Waals surface area contributed by atoms with Gasteiger partial charge in [-0.15, -0.1) is 11.6 Å². The lowest BCUT2D eigenvalue weighted by Gasteiger charge is -2.14. The second-order valence-corrected chi connectivity index (χ2v) is 4.44. The Bertz CT molecular complexity index is 482. The Labute approximate surface area is 110 Å². The van der Waals surface area contributed by atoms with Crippen molar-refractivity contribution in [1.82, 2.24) is 4.98 Å². The number of benzene rings is 1. The summed E-state index contributed by atoms with van der Waals surface area (Å²) in [5.74, 6) is 0.359. The Morgan fingerprint density at radius 1 is 1.29 bits per heavy atom. The highest BCUT2D eigenvalue weighted by Gasteiger charge is 2.08. The van der Waals surface area contributed by atoms with Crippen LogP contribution in [0.1, 0.15) is 11.3 Å². The Morgan fingerprint density at radius 2 is 2.00 bits per heavy atom. The van der Waals surface area contributed by atoms with E-state index in [9.17, 15) is 0 Å². The molecule has 0 amide bonds. The minimum Gasteiger partial charge on any atom is -0.432 e. The van der Waals surface area contributed by atoms with E-state index >= 15 is 0 Å². The molecule has 3 nitrogen and oxygen atoms in total. The molecule has 0 aliphatic carbocycles. The Kier molecular flexibility index (Phi) is 3.92. The first-order valence-corrected chi connectivity index (χ1v) is 6.06. The summed E-state index contributed by atoms with van der Waals surface area (Å²) in [6.07, 6.45) is 1.57. The smallest absolute Gasteiger partial charge is 0.297 e. The molecule has 1 aromatic heterocycles. The fraction of sp³-hybridized carbons (Fsp3) is 0.250. The van der Waals surface area contributed by atoms with Crippen LogP contribution in [-0.4, -0.2) is 12.0 Å². The molecule has 0 bridgehead atoms. The quantitative estimate of drug-likeness (QED) is 0.794. The molecular formula is C12H12Cl2N2O. The number of aromatic nitrogens is 1. The number of alkyl halides is 1. The van der Waals surface area contributed by atoms with E-state index in [0.717, 1.165) is 16.3 Å². The summed E-state index contributed by atoms with van der Waals surface area (Å²) in [5, 5.41) is 0.733. The second kappa shape index (κ2) is 5.43. The summed E-state index contributed by atoms with van der Waals surface area (Å²) in [5.41, 5.74) is 1.88. The van der Waals surface area contributed by atoms with Crippen molar-refractivity contribution in [3.63, 3.8) is 0 Å². The van der Waals surface area contributed by atoms with Gasteiger partial charge in [-0.3, -0.25) is 0 Å². The van der Waals surface area contributed by atoms with Crippen LogP contribution in [0.5, 0.6) is 0 Å². The van der Waals surface area contributed by atoms with E-state index in [1.807, 2.05) is 36.2 Å². The second-order valence-electron chi connectivity index (χ2n) is 3.74. The van der Waals surface area contributed by atoms with Gasteiger partial charge >= 0.3 is 0 Å². The molecule has 0 atom stereocenters. The zero-order valence-corrected chi connectivity index (χ0v) is 10.9. The van der Waals surface area contributed by atoms with Crippen molar-refractivity contribution >= 4 is 29.2 Å². The number of nitrogens with zero attached hydrogens (tertiary/aromatic N) is 2. The molecule has 0 saturated carbocycles. The zero-order valence-electron chi connectivity index (χ0n) is 9.36. The first kappa shape index (κ1) is 12.3. The highest BCUT2D eigenvalue weighted by atomic mass is 35.5. The van der Waals surface area contributed by atoms with E-state index in [1.165, 1.54) is 0 Å². The Balaban J connectivity index is 2.05. The van der Waals surface area contributed by atoms with E-state index in [-0.39, 0.29) is 0 Å². The maximum atomic E-state index is 5.83. The van der Waals surface area contributed by atoms with E-state index in [1.54, 1.807) is 6.26 Å². The largest absolute Gasteiger partial charge is 0.432 e. The first-order valence-electron chi connectivity index (χ1n) is 5.15. The molecule has 0 saturated heterocycles. The third-order valence-corrected chi connectivity index (χ3v) is 2.86. The highest BCUT2D eigenvalue weighted by Crippen LogP contribution is 2.17. The molecule has 0 radical (unpaired) electrons. The van der Waals surface area contributed by atoms with E-state index in [0.29, 0.717) is 18.4 Å². The van der Waals surface area contributed by atoms with Gasteiger partial charge in [0.05, 0.1) is 11.6 Å². The molecule has 2 aromatic rings. The number of hydrogen-bond donors (Lipinski definition) is 0. The molecule has 1 aromatic carbocycles. The number of rotatable bonds is 4. The van der Waals surface area contributed by atoms with Gasteiger partial charge in [-0.1, -0.05) is 23.7 Å². The molecule has 0 N–H and O–H groups in total. The van der Waals surface area contributed by atoms with Gasteiger partial charge in [0.25, 0.3) is 6.01 Å². The van der Waals surface area contributed by atoms with Crippen molar-refractivity contribution in [2.45, 2.75) is 12.4 Å². The van der Waals surface area contributed by atoms with E-state index in [2.05, 4.69) is 4.98 Å². The summed E-state index contributed by atoms with van der Waals surface area (Å²) in [7, 11) is 1.92. The fourth-order valence-electron chi connectivity index (χ4n) is 1.46. The Hall–Kier alpha value is -1.19. The van der Waals surface area contributed by atoms with E-state index in [4.69, 9.17) is 27.6 Å². The summed E-state index contributed by atoms with van der Waals surface area (Å²) in [6, 6.07) is 8.25. The van der Waals surface area contributed by atoms with Gasteiger partial charge in [-0.05, 0) is 17.7 Å². The van der Waals surface area contributed by atoms with Gasteiger partial charge in [0.15, 0.2) is 0 Å². The Morgan fingerprint density at radius 3 is 2.59 bits per heavy atom. The third kappa shape index (κ3) is 3.14. The van der Waals surface area contributed by atoms with E-state index < -0.39 is 0 Å². The predicted molar refractivity (Wildman–Crippen MR) is 69.6 cm³/mol. The van der Waals surface area contributed by atoms with Crippen LogP contribution in [0.2, 0.25) is 5.02 Å². The van der Waals surface area contributed by atoms with Crippen LogP contribution in [-0.2, 0) is 12.4 Å². The zero-order chi connectivity index (χ0) is 12.3. The average Bonchev–Trinajstić information content (AvgIpc) is 2.81. The molecule has 2 rings (SSSR count). The molecule has 0 unspecified atom stereocenters. The summed E-state index contributed by atoms with van der Waals surface area (Å²) >= 11 is 11.5. The number of halogens is 2. The summed E-state index contributed by atoms with van der Waals surface area (Å²) in [6.45, 7) is 0.708. The molecule has 17 heavy (non-hydrogen) atoms. The van der Waals surface area contributed by atoms with Crippen molar-refractivity contribution in [2.24, 2.45) is 0 Å². The lowest BCUT2D eigenvalue weighted by molar-refractivity contribution is 0.544. The SMILES string of the molecule is CN(Cc1ccc(Cl)cc1)c1nc(CCl)co1. The van der Waals surface area contributed by atoms with Crippen LogP contribution in [0.4, 0.5) is 6.01 Å². The molecular weight excluding hydrogens is 259 g/mol. The van der Waals surface area contributed by atoms with Crippen LogP contribution < -0.4 is 4.90 Å². The van der Waals surface area contributed by atoms with Crippen LogP contribution >= 0.6 is 23.2 Å². The molecule has 0 aliphatic rings. The van der Waals surface area contributed by atoms with Crippen molar-refractivity contribution in [2.75, 3.05) is 11.9 Å². The van der Waals surface area contributed by atoms with Gasteiger partial charge in [0.1, 0.15) is 6.26 Å². The van der Waals surface area contributed by atoms with Gasteiger partial charge in [-0.25, -0.2) is 0 Å². The molecule has 90 valence electrons. The van der Waals surface area contributed by atoms with Gasteiger partial charge in [-0.2, -0.15) is 4.98 Å². The van der Waals surface area contributed by atoms with Gasteiger partial charge < -0.3 is 9.32 Å². The monoisotopic (exact) mass is 270 g/mol. The maximum absolute atomic E-state index is 5.83. The topological polar surface area (TPSA) is 29.3 Å². The number of hydrogen-bond acceptors (Lipinski definition) is 3. The van der Waals surface area contributed by atoms with Crippen molar-refractivity contribution in [3.05, 3.63) is 46.8 Å². The first-order chi connectivity index (χ1) is 8.19. The summed E-state index contributed by atoms with van der Waals surface area (Å²) < 4.78 is 5.32. The molecule has 1 heterocycles. The van der Waals surface area contributed by atoms with Crippen LogP contribution in [0.3, 0.4) is 0 Å². The minimum absolute atomic E-state index is 0.359. The fourth-order valence-corrected chi connectivity index (χ4v) is 1.71. The molecule has 0 spiro atoms. The average molecular weight is 271 g/mol. The highest BCUT2D eigenvalue weighted by molar-refractivity contribution is 6.30. The van der Waals surface area contributed by atoms with Gasteiger partial charge in [0.2, 0.25) is 0 Å². The summed E-state index contributed by atoms with van der Waals surface area (Å²) in [4.78, 5) is 6.16. The van der Waals surface area contributed by atoms with Crippen LogP contribution in [0, 0.1) is 0 Å². The van der Waals surface area contributed by atoms with Crippen molar-refractivity contribution < 1.29 is 4.42 Å². The van der Waals surface area contributed by atoms with Crippen molar-refractivity contribution in [1.29, 1.82) is 0 Å². The van der Waals surface area contributed by atoms with Crippen LogP contribution in [0.25, 0.3) is 0 Å². The lowest BCUT2D eigenvalue weighted by Crippen LogP contribution is -2.16. The standard InChI is InChI=1S/C12H12Cl2N2O/c1-16(12-15-11(6-13)8-17-12)7-9-2-4-10(14)5-3-9/h2-5,8H,6-7H2,1H3. The third-order valence-electron chi connectivity index (χ3n) is 2.34. The lowest BCUT2D eigenvalue weighted by atomic mass is 10.2. The van der Waals surface area contributed by atoms with Crippen molar-refractivity contribution in [3.8, 4) is 0 Å². The normalized spacial score (nSPS) is 10.5.